The second-order valence-electron chi connectivity index (χ2n) is 8.27. The van der Waals surface area contributed by atoms with Gasteiger partial charge in [-0.15, -0.1) is 0 Å². The molecular formula is C19H22FN3O. The third-order valence-electron chi connectivity index (χ3n) is 6.39. The first-order valence-electron chi connectivity index (χ1n) is 8.98. The van der Waals surface area contributed by atoms with Gasteiger partial charge in [0.25, 0.3) is 5.91 Å². The topological polar surface area (TPSA) is 46.4 Å². The minimum Gasteiger partial charge on any atom is -0.345 e. The van der Waals surface area contributed by atoms with Crippen molar-refractivity contribution < 1.29 is 9.18 Å². The minimum absolute atomic E-state index is 0.0459. The number of nitrogens with one attached hydrogen (secondary N) is 1. The number of aromatic nitrogens is 2. The first kappa shape index (κ1) is 14.4. The number of rotatable bonds is 2. The van der Waals surface area contributed by atoms with Gasteiger partial charge in [-0.1, -0.05) is 0 Å². The van der Waals surface area contributed by atoms with Crippen LogP contribution in [-0.4, -0.2) is 20.8 Å². The molecule has 0 unspecified atom stereocenters. The average molecular weight is 327 g/mol. The highest BCUT2D eigenvalue weighted by molar-refractivity contribution is 5.95. The third kappa shape index (κ3) is 2.10. The summed E-state index contributed by atoms with van der Waals surface area (Å²) in [5.74, 6) is 1.86. The van der Waals surface area contributed by atoms with Crippen molar-refractivity contribution in [3.63, 3.8) is 0 Å². The molecule has 126 valence electrons. The Kier molecular flexibility index (Phi) is 2.89. The number of halogens is 1. The number of aryl methyl sites for hydroxylation is 1. The SMILES string of the molecule is Cc1nc2ccc(F)cn2c1C(=O)NC12CC3CC(CC(C3)C1)C2. The number of amides is 1. The van der Waals surface area contributed by atoms with Crippen molar-refractivity contribution in [2.75, 3.05) is 0 Å². The molecular weight excluding hydrogens is 305 g/mol. The van der Waals surface area contributed by atoms with Gasteiger partial charge in [0.2, 0.25) is 0 Å². The second kappa shape index (κ2) is 4.80. The number of nitrogens with zero attached hydrogens (tertiary/aromatic N) is 2. The van der Waals surface area contributed by atoms with E-state index in [1.54, 1.807) is 10.5 Å². The number of imidazole rings is 1. The van der Waals surface area contributed by atoms with Gasteiger partial charge in [-0.3, -0.25) is 9.20 Å². The van der Waals surface area contributed by atoms with E-state index in [4.69, 9.17) is 0 Å². The minimum atomic E-state index is -0.358. The first-order valence-corrected chi connectivity index (χ1v) is 8.98. The van der Waals surface area contributed by atoms with Crippen LogP contribution in [0.3, 0.4) is 0 Å². The predicted octanol–water partition coefficient (Wildman–Crippen LogP) is 3.48. The van der Waals surface area contributed by atoms with E-state index in [-0.39, 0.29) is 17.3 Å². The van der Waals surface area contributed by atoms with Crippen LogP contribution < -0.4 is 5.32 Å². The number of hydrogen-bond donors (Lipinski definition) is 1. The van der Waals surface area contributed by atoms with Crippen molar-refractivity contribution in [3.8, 4) is 0 Å². The van der Waals surface area contributed by atoms with Gasteiger partial charge in [0.1, 0.15) is 17.2 Å². The predicted molar refractivity (Wildman–Crippen MR) is 88.3 cm³/mol. The van der Waals surface area contributed by atoms with E-state index in [0.717, 1.165) is 37.0 Å². The third-order valence-corrected chi connectivity index (χ3v) is 6.39. The standard InChI is InChI=1S/C19H22FN3O/c1-11-17(23-10-15(20)2-3-16(23)21-11)18(24)22-19-7-12-4-13(8-19)6-14(5-12)9-19/h2-3,10,12-14H,4-9H2,1H3,(H,22,24). The number of hydrogen-bond acceptors (Lipinski definition) is 2. The lowest BCUT2D eigenvalue weighted by atomic mass is 9.53. The Balaban J connectivity index is 1.49. The van der Waals surface area contributed by atoms with Crippen LogP contribution in [-0.2, 0) is 0 Å². The van der Waals surface area contributed by atoms with E-state index in [1.165, 1.54) is 31.5 Å². The van der Waals surface area contributed by atoms with Crippen LogP contribution in [0.4, 0.5) is 4.39 Å². The number of carbonyl (C=O) groups excluding carboxylic acids is 1. The van der Waals surface area contributed by atoms with Crippen LogP contribution >= 0.6 is 0 Å². The van der Waals surface area contributed by atoms with E-state index in [9.17, 15) is 9.18 Å². The van der Waals surface area contributed by atoms with Crippen molar-refractivity contribution in [2.45, 2.75) is 51.0 Å². The summed E-state index contributed by atoms with van der Waals surface area (Å²) in [6.45, 7) is 1.82. The summed E-state index contributed by atoms with van der Waals surface area (Å²) < 4.78 is 15.2. The fourth-order valence-electron chi connectivity index (χ4n) is 5.97. The van der Waals surface area contributed by atoms with Crippen molar-refractivity contribution in [3.05, 3.63) is 35.5 Å². The molecule has 2 aromatic rings. The average Bonchev–Trinajstić information content (AvgIpc) is 2.80. The lowest BCUT2D eigenvalue weighted by Crippen LogP contribution is -2.60. The normalized spacial score (nSPS) is 34.0. The fourth-order valence-corrected chi connectivity index (χ4v) is 5.97. The number of carbonyl (C=O) groups is 1. The zero-order valence-corrected chi connectivity index (χ0v) is 13.9. The Morgan fingerprint density at radius 2 is 1.83 bits per heavy atom. The van der Waals surface area contributed by atoms with Gasteiger partial charge in [0, 0.05) is 11.7 Å². The summed E-state index contributed by atoms with van der Waals surface area (Å²) in [5, 5.41) is 3.36. The molecule has 1 amide bonds. The van der Waals surface area contributed by atoms with E-state index in [1.807, 2.05) is 6.92 Å². The first-order chi connectivity index (χ1) is 11.5. The summed E-state index contributed by atoms with van der Waals surface area (Å²) >= 11 is 0. The van der Waals surface area contributed by atoms with E-state index in [0.29, 0.717) is 17.0 Å². The summed E-state index contributed by atoms with van der Waals surface area (Å²) in [6.07, 6.45) is 8.70. The Bertz CT molecular complexity index is 805. The Morgan fingerprint density at radius 3 is 2.46 bits per heavy atom. The van der Waals surface area contributed by atoms with Gasteiger partial charge in [-0.25, -0.2) is 9.37 Å². The van der Waals surface area contributed by atoms with Crippen LogP contribution in [0.5, 0.6) is 0 Å². The van der Waals surface area contributed by atoms with Gasteiger partial charge in [-0.05, 0) is 75.3 Å². The quantitative estimate of drug-likeness (QED) is 0.918. The van der Waals surface area contributed by atoms with Gasteiger partial charge in [0.15, 0.2) is 0 Å². The molecule has 4 nitrogen and oxygen atoms in total. The lowest BCUT2D eigenvalue weighted by molar-refractivity contribution is -0.0168. The van der Waals surface area contributed by atoms with Gasteiger partial charge < -0.3 is 5.32 Å². The lowest BCUT2D eigenvalue weighted by Gasteiger charge is -2.56. The highest BCUT2D eigenvalue weighted by atomic mass is 19.1. The van der Waals surface area contributed by atoms with Crippen molar-refractivity contribution in [2.24, 2.45) is 17.8 Å². The van der Waals surface area contributed by atoms with Crippen molar-refractivity contribution in [1.29, 1.82) is 0 Å². The van der Waals surface area contributed by atoms with E-state index < -0.39 is 0 Å². The summed E-state index contributed by atoms with van der Waals surface area (Å²) in [6, 6.07) is 2.99. The molecule has 4 bridgehead atoms. The highest BCUT2D eigenvalue weighted by Gasteiger charge is 2.51. The van der Waals surface area contributed by atoms with Crippen LogP contribution in [0.15, 0.2) is 18.3 Å². The molecule has 4 saturated carbocycles. The maximum absolute atomic E-state index is 13.6. The van der Waals surface area contributed by atoms with Crippen molar-refractivity contribution >= 4 is 11.6 Å². The molecule has 0 spiro atoms. The molecule has 2 aromatic heterocycles. The van der Waals surface area contributed by atoms with E-state index >= 15 is 0 Å². The van der Waals surface area contributed by atoms with Crippen LogP contribution in [0.2, 0.25) is 0 Å². The molecule has 6 rings (SSSR count). The largest absolute Gasteiger partial charge is 0.345 e. The molecule has 4 aliphatic rings. The van der Waals surface area contributed by atoms with Gasteiger partial charge in [0.05, 0.1) is 5.69 Å². The van der Waals surface area contributed by atoms with Gasteiger partial charge in [-0.2, -0.15) is 0 Å². The molecule has 0 saturated heterocycles. The maximum atomic E-state index is 13.6. The fraction of sp³-hybridized carbons (Fsp3) is 0.579. The Labute approximate surface area is 140 Å². The van der Waals surface area contributed by atoms with Crippen LogP contribution in [0, 0.1) is 30.5 Å². The molecule has 1 N–H and O–H groups in total. The molecule has 0 aromatic carbocycles. The smallest absolute Gasteiger partial charge is 0.270 e. The molecule has 2 heterocycles. The highest BCUT2D eigenvalue weighted by Crippen LogP contribution is 2.55. The zero-order valence-electron chi connectivity index (χ0n) is 13.9. The number of fused-ring (bicyclic) bond motifs is 1. The Hall–Kier alpha value is -1.91. The molecule has 0 radical (unpaired) electrons. The number of pyridine rings is 1. The summed E-state index contributed by atoms with van der Waals surface area (Å²) in [7, 11) is 0. The summed E-state index contributed by atoms with van der Waals surface area (Å²) in [4.78, 5) is 17.4. The monoisotopic (exact) mass is 327 g/mol. The van der Waals surface area contributed by atoms with Crippen molar-refractivity contribution in [1.82, 2.24) is 14.7 Å². The zero-order chi connectivity index (χ0) is 16.5. The molecule has 0 atom stereocenters. The molecule has 4 aliphatic carbocycles. The molecule has 0 aliphatic heterocycles. The van der Waals surface area contributed by atoms with Crippen LogP contribution in [0.1, 0.15) is 54.7 Å². The Morgan fingerprint density at radius 1 is 1.21 bits per heavy atom. The van der Waals surface area contributed by atoms with Crippen LogP contribution in [0.25, 0.3) is 5.65 Å². The molecule has 24 heavy (non-hydrogen) atoms. The maximum Gasteiger partial charge on any atom is 0.270 e. The molecule has 4 fully saturated rings. The van der Waals surface area contributed by atoms with Gasteiger partial charge >= 0.3 is 0 Å². The second-order valence-corrected chi connectivity index (χ2v) is 8.27. The van der Waals surface area contributed by atoms with E-state index in [2.05, 4.69) is 10.3 Å². The molecule has 5 heteroatoms. The summed E-state index contributed by atoms with van der Waals surface area (Å²) in [5.41, 5.74) is 1.70.